The predicted octanol–water partition coefficient (Wildman–Crippen LogP) is 2.19. The van der Waals surface area contributed by atoms with E-state index in [1.54, 1.807) is 0 Å². The van der Waals surface area contributed by atoms with Crippen molar-refractivity contribution in [3.05, 3.63) is 35.4 Å². The van der Waals surface area contributed by atoms with Crippen LogP contribution in [0.1, 0.15) is 18.4 Å². The van der Waals surface area contributed by atoms with Crippen LogP contribution in [0.2, 0.25) is 0 Å². The molecular weight excluding hydrogens is 234 g/mol. The van der Waals surface area contributed by atoms with Gasteiger partial charge in [0, 0.05) is 25.2 Å². The van der Waals surface area contributed by atoms with E-state index < -0.39 is 11.6 Å². The van der Waals surface area contributed by atoms with Crippen LogP contribution in [0.25, 0.3) is 0 Å². The van der Waals surface area contributed by atoms with E-state index >= 15 is 0 Å². The zero-order valence-corrected chi connectivity index (χ0v) is 10.8. The van der Waals surface area contributed by atoms with E-state index in [0.717, 1.165) is 25.7 Å². The number of rotatable bonds is 4. The van der Waals surface area contributed by atoms with Gasteiger partial charge in [-0.25, -0.2) is 8.78 Å². The van der Waals surface area contributed by atoms with Crippen LogP contribution in [0.4, 0.5) is 8.78 Å². The van der Waals surface area contributed by atoms with Gasteiger partial charge in [0.2, 0.25) is 0 Å². The summed E-state index contributed by atoms with van der Waals surface area (Å²) in [7, 11) is 2.07. The Bertz CT molecular complexity index is 389. The van der Waals surface area contributed by atoms with E-state index in [1.165, 1.54) is 25.0 Å². The summed E-state index contributed by atoms with van der Waals surface area (Å²) in [5.74, 6) is -0.953. The van der Waals surface area contributed by atoms with Crippen molar-refractivity contribution in [3.8, 4) is 0 Å². The molecule has 0 saturated carbocycles. The molecule has 4 heteroatoms. The molecule has 1 unspecified atom stereocenters. The number of halogens is 2. The molecule has 1 aromatic carbocycles. The summed E-state index contributed by atoms with van der Waals surface area (Å²) < 4.78 is 26.3. The van der Waals surface area contributed by atoms with Gasteiger partial charge in [-0.3, -0.25) is 0 Å². The minimum atomic E-state index is -0.513. The van der Waals surface area contributed by atoms with E-state index in [-0.39, 0.29) is 0 Å². The highest BCUT2D eigenvalue weighted by molar-refractivity contribution is 5.18. The quantitative estimate of drug-likeness (QED) is 0.886. The number of nitrogens with zero attached hydrogens (tertiary/aromatic N) is 1. The van der Waals surface area contributed by atoms with Crippen LogP contribution in [-0.4, -0.2) is 37.6 Å². The monoisotopic (exact) mass is 254 g/mol. The Labute approximate surface area is 107 Å². The number of benzene rings is 1. The molecule has 1 heterocycles. The molecule has 100 valence electrons. The Morgan fingerprint density at radius 3 is 2.89 bits per heavy atom. The maximum Gasteiger partial charge on any atom is 0.129 e. The number of piperidine rings is 1. The topological polar surface area (TPSA) is 15.3 Å². The molecule has 1 atom stereocenters. The van der Waals surface area contributed by atoms with E-state index in [0.29, 0.717) is 18.0 Å². The second-order valence-corrected chi connectivity index (χ2v) is 4.97. The molecule has 2 rings (SSSR count). The molecule has 0 amide bonds. The molecule has 1 aliphatic heterocycles. The van der Waals surface area contributed by atoms with Gasteiger partial charge in [0.25, 0.3) is 0 Å². The van der Waals surface area contributed by atoms with Crippen LogP contribution in [0.15, 0.2) is 18.2 Å². The molecule has 0 aromatic heterocycles. The van der Waals surface area contributed by atoms with Crippen LogP contribution in [0.3, 0.4) is 0 Å². The highest BCUT2D eigenvalue weighted by atomic mass is 19.1. The highest BCUT2D eigenvalue weighted by Gasteiger charge is 2.17. The molecule has 0 spiro atoms. The fourth-order valence-corrected chi connectivity index (χ4v) is 2.41. The van der Waals surface area contributed by atoms with Gasteiger partial charge >= 0.3 is 0 Å². The van der Waals surface area contributed by atoms with Crippen molar-refractivity contribution in [2.24, 2.45) is 0 Å². The Hall–Kier alpha value is -1.00. The average Bonchev–Trinajstić information content (AvgIpc) is 2.38. The van der Waals surface area contributed by atoms with Crippen LogP contribution in [0, 0.1) is 11.6 Å². The number of nitrogens with one attached hydrogen (secondary N) is 1. The molecule has 0 aliphatic carbocycles. The Morgan fingerprint density at radius 1 is 1.39 bits per heavy atom. The van der Waals surface area contributed by atoms with Gasteiger partial charge in [-0.05, 0) is 44.5 Å². The summed E-state index contributed by atoms with van der Waals surface area (Å²) in [6, 6.07) is 4.35. The second-order valence-electron chi connectivity index (χ2n) is 4.97. The number of likely N-dealkylation sites (N-methyl/N-ethyl adjacent to an activating group) is 1. The summed E-state index contributed by atoms with van der Waals surface area (Å²) >= 11 is 0. The summed E-state index contributed by atoms with van der Waals surface area (Å²) in [5.41, 5.74) is 0.590. The normalized spacial score (nSPS) is 20.3. The molecule has 0 bridgehead atoms. The Morgan fingerprint density at radius 2 is 2.22 bits per heavy atom. The molecule has 1 saturated heterocycles. The van der Waals surface area contributed by atoms with Crippen molar-refractivity contribution in [1.82, 2.24) is 10.2 Å². The lowest BCUT2D eigenvalue weighted by Gasteiger charge is -2.31. The van der Waals surface area contributed by atoms with E-state index in [1.807, 2.05) is 0 Å². The first-order chi connectivity index (χ1) is 8.66. The second kappa shape index (κ2) is 6.25. The molecular formula is C14H20F2N2. The van der Waals surface area contributed by atoms with Crippen LogP contribution in [-0.2, 0) is 6.42 Å². The summed E-state index contributed by atoms with van der Waals surface area (Å²) in [4.78, 5) is 2.26. The van der Waals surface area contributed by atoms with Gasteiger partial charge in [0.15, 0.2) is 0 Å². The third-order valence-electron chi connectivity index (χ3n) is 3.64. The van der Waals surface area contributed by atoms with Gasteiger partial charge in [-0.2, -0.15) is 0 Å². The summed E-state index contributed by atoms with van der Waals surface area (Å²) in [6.07, 6.45) is 3.01. The van der Waals surface area contributed by atoms with E-state index in [2.05, 4.69) is 17.3 Å². The van der Waals surface area contributed by atoms with Gasteiger partial charge in [0.05, 0.1) is 0 Å². The molecule has 1 fully saturated rings. The Balaban J connectivity index is 1.86. The van der Waals surface area contributed by atoms with E-state index in [9.17, 15) is 8.78 Å². The van der Waals surface area contributed by atoms with Gasteiger partial charge < -0.3 is 10.2 Å². The minimum Gasteiger partial charge on any atom is -0.315 e. The lowest BCUT2D eigenvalue weighted by molar-refractivity contribution is 0.204. The molecule has 2 nitrogen and oxygen atoms in total. The fourth-order valence-electron chi connectivity index (χ4n) is 2.41. The molecule has 18 heavy (non-hydrogen) atoms. The summed E-state index contributed by atoms with van der Waals surface area (Å²) in [5, 5.41) is 3.37. The molecule has 0 radical (unpaired) electrons. The van der Waals surface area contributed by atoms with Crippen LogP contribution in [0.5, 0.6) is 0 Å². The highest BCUT2D eigenvalue weighted by Crippen LogP contribution is 2.13. The zero-order valence-electron chi connectivity index (χ0n) is 10.8. The molecule has 1 aliphatic rings. The third kappa shape index (κ3) is 3.50. The largest absolute Gasteiger partial charge is 0.315 e. The lowest BCUT2D eigenvalue weighted by atomic mass is 10.1. The molecule has 1 N–H and O–H groups in total. The van der Waals surface area contributed by atoms with Crippen LogP contribution < -0.4 is 5.32 Å². The number of hydrogen-bond donors (Lipinski definition) is 1. The number of hydrogen-bond acceptors (Lipinski definition) is 2. The van der Waals surface area contributed by atoms with E-state index in [4.69, 9.17) is 0 Å². The van der Waals surface area contributed by atoms with Crippen molar-refractivity contribution >= 4 is 0 Å². The van der Waals surface area contributed by atoms with Gasteiger partial charge in [-0.15, -0.1) is 0 Å². The first kappa shape index (κ1) is 13.4. The first-order valence-corrected chi connectivity index (χ1v) is 6.51. The molecule has 1 aromatic rings. The standard InChI is InChI=1S/C14H20F2N2/c1-18(13-3-2-7-17-10-13)8-6-11-4-5-12(15)9-14(11)16/h4-5,9,13,17H,2-3,6-8,10H2,1H3. The zero-order chi connectivity index (χ0) is 13.0. The fraction of sp³-hybridized carbons (Fsp3) is 0.571. The SMILES string of the molecule is CN(CCc1ccc(F)cc1F)C1CCCNC1. The average molecular weight is 254 g/mol. The maximum atomic E-state index is 13.5. The van der Waals surface area contributed by atoms with Crippen molar-refractivity contribution < 1.29 is 8.78 Å². The van der Waals surface area contributed by atoms with Gasteiger partial charge in [0.1, 0.15) is 11.6 Å². The Kier molecular flexibility index (Phi) is 4.66. The van der Waals surface area contributed by atoms with Gasteiger partial charge in [-0.1, -0.05) is 6.07 Å². The lowest BCUT2D eigenvalue weighted by Crippen LogP contribution is -2.44. The van der Waals surface area contributed by atoms with Crippen molar-refractivity contribution in [1.29, 1.82) is 0 Å². The minimum absolute atomic E-state index is 0.440. The van der Waals surface area contributed by atoms with Crippen molar-refractivity contribution in [2.45, 2.75) is 25.3 Å². The van der Waals surface area contributed by atoms with Crippen LogP contribution >= 0.6 is 0 Å². The maximum absolute atomic E-state index is 13.5. The third-order valence-corrected chi connectivity index (χ3v) is 3.64. The van der Waals surface area contributed by atoms with Crippen molar-refractivity contribution in [3.63, 3.8) is 0 Å². The van der Waals surface area contributed by atoms with Crippen molar-refractivity contribution in [2.75, 3.05) is 26.7 Å². The predicted molar refractivity (Wildman–Crippen MR) is 68.6 cm³/mol. The summed E-state index contributed by atoms with van der Waals surface area (Å²) in [6.45, 7) is 2.90. The smallest absolute Gasteiger partial charge is 0.129 e. The first-order valence-electron chi connectivity index (χ1n) is 6.51.